The van der Waals surface area contributed by atoms with E-state index in [-0.39, 0.29) is 32.9 Å². The molecule has 1 aliphatic rings. The number of halogens is 2. The smallest absolute Gasteiger partial charge is 0.267 e. The molecule has 1 aliphatic heterocycles. The molecule has 0 saturated carbocycles. The van der Waals surface area contributed by atoms with Crippen molar-refractivity contribution in [2.24, 2.45) is 0 Å². The topological polar surface area (TPSA) is 122 Å². The minimum Gasteiger partial charge on any atom is -0.476 e. The molecule has 184 valence electrons. The lowest BCUT2D eigenvalue weighted by atomic mass is 10.2. The molecule has 13 heteroatoms. The fourth-order valence-corrected chi connectivity index (χ4v) is 5.90. The van der Waals surface area contributed by atoms with Crippen LogP contribution in [0.25, 0.3) is 0 Å². The molecule has 0 aromatic heterocycles. The van der Waals surface area contributed by atoms with Crippen molar-refractivity contribution >= 4 is 66.2 Å². The van der Waals surface area contributed by atoms with Gasteiger partial charge in [0.1, 0.15) is 5.75 Å². The van der Waals surface area contributed by atoms with Crippen molar-refractivity contribution in [3.63, 3.8) is 0 Å². The van der Waals surface area contributed by atoms with Gasteiger partial charge in [0.15, 0.2) is 6.10 Å². The molecule has 35 heavy (non-hydrogen) atoms. The van der Waals surface area contributed by atoms with Crippen molar-refractivity contribution in [2.45, 2.75) is 11.0 Å². The molecular formula is C22H19Cl2N3O6S2. The van der Waals surface area contributed by atoms with Crippen LogP contribution in [0.2, 0.25) is 10.0 Å². The summed E-state index contributed by atoms with van der Waals surface area (Å²) >= 11 is 11.8. The van der Waals surface area contributed by atoms with E-state index in [2.05, 4.69) is 10.0 Å². The van der Waals surface area contributed by atoms with Gasteiger partial charge < -0.3 is 10.1 Å². The molecule has 0 saturated heterocycles. The van der Waals surface area contributed by atoms with Gasteiger partial charge in [0.2, 0.25) is 10.0 Å². The summed E-state index contributed by atoms with van der Waals surface area (Å²) in [5.41, 5.74) is 0.847. The molecule has 1 amide bonds. The van der Waals surface area contributed by atoms with Gasteiger partial charge in [0, 0.05) is 15.7 Å². The SMILES string of the molecule is CS(=O)(=O)N1CC(C(=O)Nc2ccc(S(=O)(=O)Nc3cc(Cl)cc(Cl)c3)cc2)Oc2ccccc21. The zero-order valence-electron chi connectivity index (χ0n) is 18.1. The van der Waals surface area contributed by atoms with Gasteiger partial charge in [-0.15, -0.1) is 0 Å². The van der Waals surface area contributed by atoms with Crippen molar-refractivity contribution in [1.82, 2.24) is 0 Å². The molecule has 3 aromatic rings. The monoisotopic (exact) mass is 555 g/mol. The Hall–Kier alpha value is -2.99. The predicted molar refractivity (Wildman–Crippen MR) is 135 cm³/mol. The molecule has 1 unspecified atom stereocenters. The van der Waals surface area contributed by atoms with Gasteiger partial charge in [-0.05, 0) is 54.6 Å². The summed E-state index contributed by atoms with van der Waals surface area (Å²) in [4.78, 5) is 12.8. The van der Waals surface area contributed by atoms with Crippen LogP contribution in [0.1, 0.15) is 0 Å². The van der Waals surface area contributed by atoms with E-state index in [4.69, 9.17) is 27.9 Å². The highest BCUT2D eigenvalue weighted by molar-refractivity contribution is 7.92. The number of para-hydroxylation sites is 2. The van der Waals surface area contributed by atoms with Crippen LogP contribution in [0.5, 0.6) is 5.75 Å². The molecule has 1 heterocycles. The molecule has 4 rings (SSSR count). The minimum absolute atomic E-state index is 0.0577. The number of sulfonamides is 2. The maximum absolute atomic E-state index is 12.8. The number of nitrogens with zero attached hydrogens (tertiary/aromatic N) is 1. The standard InChI is InChI=1S/C22H19Cl2N3O6S2/c1-34(29,30)27-13-21(33-20-5-3-2-4-19(20)27)22(28)25-16-6-8-18(9-7-16)35(31,32)26-17-11-14(23)10-15(24)12-17/h2-12,21,26H,13H2,1H3,(H,25,28). The van der Waals surface area contributed by atoms with Gasteiger partial charge in [-0.3, -0.25) is 13.8 Å². The van der Waals surface area contributed by atoms with Crippen LogP contribution in [-0.4, -0.2) is 41.6 Å². The summed E-state index contributed by atoms with van der Waals surface area (Å²) in [5.74, 6) is -0.326. The molecule has 9 nitrogen and oxygen atoms in total. The van der Waals surface area contributed by atoms with Gasteiger partial charge in [-0.25, -0.2) is 16.8 Å². The normalized spacial score (nSPS) is 15.6. The highest BCUT2D eigenvalue weighted by atomic mass is 35.5. The molecule has 3 aromatic carbocycles. The third kappa shape index (κ3) is 5.81. The van der Waals surface area contributed by atoms with Crippen LogP contribution in [0.3, 0.4) is 0 Å². The van der Waals surface area contributed by atoms with Gasteiger partial charge in [0.05, 0.1) is 29.1 Å². The first-order valence-electron chi connectivity index (χ1n) is 10.1. The summed E-state index contributed by atoms with van der Waals surface area (Å²) in [6.45, 7) is -0.208. The fourth-order valence-electron chi connectivity index (χ4n) is 3.42. The largest absolute Gasteiger partial charge is 0.476 e. The fraction of sp³-hybridized carbons (Fsp3) is 0.136. The van der Waals surface area contributed by atoms with Gasteiger partial charge in [-0.1, -0.05) is 35.3 Å². The lowest BCUT2D eigenvalue weighted by Crippen LogP contribution is -2.48. The van der Waals surface area contributed by atoms with Gasteiger partial charge in [-0.2, -0.15) is 0 Å². The van der Waals surface area contributed by atoms with Crippen molar-refractivity contribution in [3.8, 4) is 5.75 Å². The second-order valence-electron chi connectivity index (χ2n) is 7.65. The molecule has 0 spiro atoms. The van der Waals surface area contributed by atoms with E-state index in [0.29, 0.717) is 11.4 Å². The average molecular weight is 556 g/mol. The Labute approximate surface area is 212 Å². The van der Waals surface area contributed by atoms with Crippen LogP contribution in [0, 0.1) is 0 Å². The van der Waals surface area contributed by atoms with Crippen LogP contribution in [-0.2, 0) is 24.8 Å². The zero-order chi connectivity index (χ0) is 25.4. The van der Waals surface area contributed by atoms with Gasteiger partial charge >= 0.3 is 0 Å². The van der Waals surface area contributed by atoms with Crippen molar-refractivity contribution in [2.75, 3.05) is 27.1 Å². The van der Waals surface area contributed by atoms with E-state index in [0.717, 1.165) is 10.6 Å². The number of hydrogen-bond acceptors (Lipinski definition) is 6. The number of anilines is 3. The highest BCUT2D eigenvalue weighted by Crippen LogP contribution is 2.35. The summed E-state index contributed by atoms with van der Waals surface area (Å²) < 4.78 is 59.1. The lowest BCUT2D eigenvalue weighted by Gasteiger charge is -2.33. The van der Waals surface area contributed by atoms with E-state index in [9.17, 15) is 21.6 Å². The molecule has 1 atom stereocenters. The lowest BCUT2D eigenvalue weighted by molar-refractivity contribution is -0.122. The Morgan fingerprint density at radius 1 is 0.943 bits per heavy atom. The van der Waals surface area contributed by atoms with E-state index >= 15 is 0 Å². The summed E-state index contributed by atoms with van der Waals surface area (Å²) in [7, 11) is -7.60. The number of carbonyl (C=O) groups excluding carboxylic acids is 1. The third-order valence-corrected chi connectivity index (χ3v) is 7.95. The zero-order valence-corrected chi connectivity index (χ0v) is 21.2. The first kappa shape index (κ1) is 25.1. The van der Waals surface area contributed by atoms with Crippen LogP contribution < -0.4 is 19.1 Å². The predicted octanol–water partition coefficient (Wildman–Crippen LogP) is 3.96. The number of fused-ring (bicyclic) bond motifs is 1. The summed E-state index contributed by atoms with van der Waals surface area (Å²) in [5, 5.41) is 3.17. The second-order valence-corrected chi connectivity index (χ2v) is 12.1. The van der Waals surface area contributed by atoms with Crippen molar-refractivity contribution in [1.29, 1.82) is 0 Å². The second kappa shape index (κ2) is 9.57. The highest BCUT2D eigenvalue weighted by Gasteiger charge is 2.34. The number of rotatable bonds is 6. The van der Waals surface area contributed by atoms with Crippen LogP contribution in [0.15, 0.2) is 71.6 Å². The van der Waals surface area contributed by atoms with Crippen LogP contribution in [0.4, 0.5) is 17.1 Å². The Balaban J connectivity index is 1.48. The molecule has 0 bridgehead atoms. The molecule has 2 N–H and O–H groups in total. The number of nitrogens with one attached hydrogen (secondary N) is 2. The van der Waals surface area contributed by atoms with E-state index in [1.807, 2.05) is 0 Å². The Morgan fingerprint density at radius 2 is 1.57 bits per heavy atom. The number of amides is 1. The van der Waals surface area contributed by atoms with Gasteiger partial charge in [0.25, 0.3) is 15.9 Å². The van der Waals surface area contributed by atoms with E-state index in [1.54, 1.807) is 24.3 Å². The Morgan fingerprint density at radius 3 is 2.20 bits per heavy atom. The number of carbonyl (C=O) groups is 1. The number of hydrogen-bond donors (Lipinski definition) is 2. The maximum Gasteiger partial charge on any atom is 0.267 e. The molecule has 0 radical (unpaired) electrons. The summed E-state index contributed by atoms with van der Waals surface area (Å²) in [6, 6.07) is 16.3. The number of benzene rings is 3. The third-order valence-electron chi connectivity index (χ3n) is 4.97. The first-order valence-corrected chi connectivity index (χ1v) is 14.1. The quantitative estimate of drug-likeness (QED) is 0.474. The Bertz CT molecular complexity index is 1480. The van der Waals surface area contributed by atoms with E-state index < -0.39 is 32.1 Å². The van der Waals surface area contributed by atoms with E-state index in [1.165, 1.54) is 42.5 Å². The maximum atomic E-state index is 12.8. The van der Waals surface area contributed by atoms with Crippen LogP contribution >= 0.6 is 23.2 Å². The molecular weight excluding hydrogens is 537 g/mol. The minimum atomic E-state index is -3.95. The van der Waals surface area contributed by atoms with Crippen molar-refractivity contribution < 1.29 is 26.4 Å². The van der Waals surface area contributed by atoms with Crippen molar-refractivity contribution in [3.05, 3.63) is 76.8 Å². The summed E-state index contributed by atoms with van der Waals surface area (Å²) in [6.07, 6.45) is -0.0634. The first-order chi connectivity index (χ1) is 16.4. The number of ether oxygens (including phenoxy) is 1. The molecule has 0 fully saturated rings. The average Bonchev–Trinajstić information content (AvgIpc) is 2.77. The Kier molecular flexibility index (Phi) is 6.87. The molecule has 0 aliphatic carbocycles.